The van der Waals surface area contributed by atoms with E-state index >= 15 is 0 Å². The van der Waals surface area contributed by atoms with Gasteiger partial charge in [-0.3, -0.25) is 4.72 Å². The molecule has 1 aliphatic heterocycles. The Morgan fingerprint density at radius 3 is 2.71 bits per heavy atom. The van der Waals surface area contributed by atoms with Gasteiger partial charge in [0.25, 0.3) is 10.0 Å². The molecule has 4 rings (SSSR count). The van der Waals surface area contributed by atoms with Crippen molar-refractivity contribution in [1.29, 1.82) is 0 Å². The smallest absolute Gasteiger partial charge is 0.271 e. The van der Waals surface area contributed by atoms with Crippen LogP contribution in [0.1, 0.15) is 5.56 Å². The van der Waals surface area contributed by atoms with Crippen LogP contribution in [0, 0.1) is 0 Å². The van der Waals surface area contributed by atoms with Crippen molar-refractivity contribution < 1.29 is 8.42 Å². The number of anilines is 3. The van der Waals surface area contributed by atoms with Crippen LogP contribution in [0.5, 0.6) is 0 Å². The second kappa shape index (κ2) is 5.92. The average molecular weight is 357 g/mol. The summed E-state index contributed by atoms with van der Waals surface area (Å²) in [5.74, 6) is 0.819. The van der Waals surface area contributed by atoms with Crippen LogP contribution in [0.4, 0.5) is 17.2 Å². The Morgan fingerprint density at radius 2 is 1.96 bits per heavy atom. The Balaban J connectivity index is 1.56. The van der Waals surface area contributed by atoms with E-state index in [4.69, 9.17) is 0 Å². The van der Waals surface area contributed by atoms with E-state index in [2.05, 4.69) is 26.7 Å². The predicted molar refractivity (Wildman–Crippen MR) is 96.5 cm³/mol. The normalized spacial score (nSPS) is 13.8. The second-order valence-corrected chi connectivity index (χ2v) is 8.33. The number of fused-ring (bicyclic) bond motifs is 1. The Labute approximate surface area is 144 Å². The highest BCUT2D eigenvalue weighted by Gasteiger charge is 2.21. The lowest BCUT2D eigenvalue weighted by atomic mass is 10.2. The molecule has 24 heavy (non-hydrogen) atoms. The Bertz CT molecular complexity index is 952. The summed E-state index contributed by atoms with van der Waals surface area (Å²) in [6.45, 7) is 0.882. The molecule has 0 fully saturated rings. The van der Waals surface area contributed by atoms with E-state index in [0.717, 1.165) is 24.5 Å². The van der Waals surface area contributed by atoms with Gasteiger partial charge in [0.05, 0.1) is 11.9 Å². The number of nitrogens with zero attached hydrogens (tertiary/aromatic N) is 2. The lowest BCUT2D eigenvalue weighted by Gasteiger charge is -2.18. The summed E-state index contributed by atoms with van der Waals surface area (Å²) in [6, 6.07) is 15.1. The zero-order valence-electron chi connectivity index (χ0n) is 12.7. The predicted octanol–water partition coefficient (Wildman–Crippen LogP) is 3.64. The third-order valence-corrected chi connectivity index (χ3v) is 6.70. The monoisotopic (exact) mass is 357 g/mol. The first-order chi connectivity index (χ1) is 11.6. The maximum atomic E-state index is 12.2. The molecule has 0 saturated heterocycles. The molecule has 2 aromatic heterocycles. The first-order valence-corrected chi connectivity index (χ1v) is 9.88. The van der Waals surface area contributed by atoms with Crippen LogP contribution in [0.2, 0.25) is 0 Å². The summed E-state index contributed by atoms with van der Waals surface area (Å²) in [4.78, 5) is 6.57. The van der Waals surface area contributed by atoms with Crippen molar-refractivity contribution in [1.82, 2.24) is 4.98 Å². The van der Waals surface area contributed by atoms with E-state index in [1.165, 1.54) is 16.9 Å². The van der Waals surface area contributed by atoms with E-state index in [9.17, 15) is 8.42 Å². The highest BCUT2D eigenvalue weighted by atomic mass is 32.2. The van der Waals surface area contributed by atoms with Crippen LogP contribution in [-0.4, -0.2) is 19.9 Å². The summed E-state index contributed by atoms with van der Waals surface area (Å²) in [5.41, 5.74) is 2.93. The number of aromatic nitrogens is 1. The fourth-order valence-corrected chi connectivity index (χ4v) is 4.84. The molecular weight excluding hydrogens is 342 g/mol. The standard InChI is InChI=1S/C17H15N3O2S2/c21-24(22,17-6-3-11-23-17)19-14-7-8-16(18-12-14)20-10-9-13-4-1-2-5-15(13)20/h1-8,11-12,19H,9-10H2. The Kier molecular flexibility index (Phi) is 3.74. The molecule has 5 nitrogen and oxygen atoms in total. The minimum absolute atomic E-state index is 0.292. The van der Waals surface area contributed by atoms with Gasteiger partial charge in [-0.15, -0.1) is 11.3 Å². The molecule has 0 aliphatic carbocycles. The van der Waals surface area contributed by atoms with Crippen molar-refractivity contribution in [2.45, 2.75) is 10.6 Å². The Morgan fingerprint density at radius 1 is 1.08 bits per heavy atom. The van der Waals surface area contributed by atoms with E-state index in [1.54, 1.807) is 29.8 Å². The molecule has 3 heterocycles. The first kappa shape index (κ1) is 15.2. The van der Waals surface area contributed by atoms with Gasteiger partial charge in [0, 0.05) is 12.2 Å². The molecular formula is C17H15N3O2S2. The molecule has 122 valence electrons. The van der Waals surface area contributed by atoms with Gasteiger partial charge in [-0.2, -0.15) is 0 Å². The molecule has 0 bridgehead atoms. The van der Waals surface area contributed by atoms with Crippen LogP contribution in [0.3, 0.4) is 0 Å². The van der Waals surface area contributed by atoms with Gasteiger partial charge in [0.2, 0.25) is 0 Å². The molecule has 0 spiro atoms. The number of hydrogen-bond acceptors (Lipinski definition) is 5. The minimum Gasteiger partial charge on any atom is -0.326 e. The van der Waals surface area contributed by atoms with E-state index < -0.39 is 10.0 Å². The zero-order valence-corrected chi connectivity index (χ0v) is 14.3. The van der Waals surface area contributed by atoms with Gasteiger partial charge >= 0.3 is 0 Å². The van der Waals surface area contributed by atoms with Crippen molar-refractivity contribution in [2.24, 2.45) is 0 Å². The maximum Gasteiger partial charge on any atom is 0.271 e. The summed E-state index contributed by atoms with van der Waals surface area (Å²) < 4.78 is 27.3. The number of para-hydroxylation sites is 1. The number of hydrogen-bond donors (Lipinski definition) is 1. The number of pyridine rings is 1. The third-order valence-electron chi connectivity index (χ3n) is 3.92. The molecule has 0 radical (unpaired) electrons. The molecule has 7 heteroatoms. The number of thiophene rings is 1. The number of benzene rings is 1. The highest BCUT2D eigenvalue weighted by molar-refractivity contribution is 7.94. The van der Waals surface area contributed by atoms with Gasteiger partial charge in [-0.05, 0) is 41.6 Å². The molecule has 0 atom stereocenters. The van der Waals surface area contributed by atoms with Crippen LogP contribution in [0.25, 0.3) is 0 Å². The summed E-state index contributed by atoms with van der Waals surface area (Å²) >= 11 is 1.19. The highest BCUT2D eigenvalue weighted by Crippen LogP contribution is 2.33. The van der Waals surface area contributed by atoms with Crippen LogP contribution < -0.4 is 9.62 Å². The fraction of sp³-hybridized carbons (Fsp3) is 0.118. The zero-order chi connectivity index (χ0) is 16.6. The number of sulfonamides is 1. The van der Waals surface area contributed by atoms with Crippen LogP contribution in [-0.2, 0) is 16.4 Å². The maximum absolute atomic E-state index is 12.2. The number of rotatable bonds is 4. The molecule has 0 saturated carbocycles. The van der Waals surface area contributed by atoms with Gasteiger partial charge in [0.15, 0.2) is 0 Å². The lowest BCUT2D eigenvalue weighted by Crippen LogP contribution is -2.15. The fourth-order valence-electron chi connectivity index (χ4n) is 2.80. The third kappa shape index (κ3) is 2.76. The van der Waals surface area contributed by atoms with Gasteiger partial charge < -0.3 is 4.90 Å². The summed E-state index contributed by atoms with van der Waals surface area (Å²) in [7, 11) is -3.54. The van der Waals surface area contributed by atoms with Crippen LogP contribution >= 0.6 is 11.3 Å². The van der Waals surface area contributed by atoms with Gasteiger partial charge in [-0.25, -0.2) is 13.4 Å². The quantitative estimate of drug-likeness (QED) is 0.774. The molecule has 0 amide bonds. The molecule has 3 aromatic rings. The van der Waals surface area contributed by atoms with Gasteiger partial charge in [0.1, 0.15) is 10.0 Å². The van der Waals surface area contributed by atoms with Crippen molar-refractivity contribution in [3.05, 3.63) is 65.7 Å². The topological polar surface area (TPSA) is 62.3 Å². The van der Waals surface area contributed by atoms with Gasteiger partial charge in [-0.1, -0.05) is 24.3 Å². The molecule has 1 N–H and O–H groups in total. The second-order valence-electron chi connectivity index (χ2n) is 5.47. The van der Waals surface area contributed by atoms with Crippen LogP contribution in [0.15, 0.2) is 64.3 Å². The van der Waals surface area contributed by atoms with Crippen molar-refractivity contribution in [3.8, 4) is 0 Å². The van der Waals surface area contributed by atoms with Crippen molar-refractivity contribution >= 4 is 38.6 Å². The Hall–Kier alpha value is -2.38. The minimum atomic E-state index is -3.54. The molecule has 1 aromatic carbocycles. The average Bonchev–Trinajstić information content (AvgIpc) is 3.26. The van der Waals surface area contributed by atoms with Crippen molar-refractivity contribution in [2.75, 3.05) is 16.2 Å². The van der Waals surface area contributed by atoms with E-state index in [-0.39, 0.29) is 0 Å². The summed E-state index contributed by atoms with van der Waals surface area (Å²) in [5, 5.41) is 1.74. The van der Waals surface area contributed by atoms with Crippen molar-refractivity contribution in [3.63, 3.8) is 0 Å². The molecule has 1 aliphatic rings. The largest absolute Gasteiger partial charge is 0.326 e. The first-order valence-electron chi connectivity index (χ1n) is 7.51. The van der Waals surface area contributed by atoms with E-state index in [1.807, 2.05) is 18.2 Å². The molecule has 0 unspecified atom stereocenters. The van der Waals surface area contributed by atoms with E-state index in [0.29, 0.717) is 9.90 Å². The number of nitrogens with one attached hydrogen (secondary N) is 1. The lowest BCUT2D eigenvalue weighted by molar-refractivity contribution is 0.603. The SMILES string of the molecule is O=S(=O)(Nc1ccc(N2CCc3ccccc32)nc1)c1cccs1. The summed E-state index contributed by atoms with van der Waals surface area (Å²) in [6.07, 6.45) is 2.55.